The number of hydrogen-bond donors (Lipinski definition) is 1. The van der Waals surface area contributed by atoms with E-state index in [0.29, 0.717) is 0 Å². The van der Waals surface area contributed by atoms with Gasteiger partial charge in [0.25, 0.3) is 0 Å². The number of rotatable bonds is 6. The fourth-order valence-corrected chi connectivity index (χ4v) is 3.02. The monoisotopic (exact) mass is 268 g/mol. The highest BCUT2D eigenvalue weighted by Crippen LogP contribution is 2.26. The SMILES string of the molecule is CCC(N)CSCc1cc(-c2cccs2)on1. The summed E-state index contributed by atoms with van der Waals surface area (Å²) in [7, 11) is 0. The van der Waals surface area contributed by atoms with Gasteiger partial charge in [0.2, 0.25) is 0 Å². The van der Waals surface area contributed by atoms with Crippen LogP contribution < -0.4 is 5.73 Å². The van der Waals surface area contributed by atoms with Crippen LogP contribution in [-0.4, -0.2) is 17.0 Å². The maximum Gasteiger partial charge on any atom is 0.177 e. The third kappa shape index (κ3) is 3.59. The van der Waals surface area contributed by atoms with Crippen LogP contribution in [-0.2, 0) is 5.75 Å². The van der Waals surface area contributed by atoms with E-state index >= 15 is 0 Å². The standard InChI is InChI=1S/C12H16N2OS2/c1-2-9(13)7-16-8-10-6-11(15-14-10)12-4-3-5-17-12/h3-6,9H,2,7-8,13H2,1H3. The van der Waals surface area contributed by atoms with Gasteiger partial charge in [-0.3, -0.25) is 0 Å². The van der Waals surface area contributed by atoms with Crippen LogP contribution in [0.5, 0.6) is 0 Å². The predicted octanol–water partition coefficient (Wildman–Crippen LogP) is 3.37. The number of nitrogens with zero attached hydrogens (tertiary/aromatic N) is 1. The molecule has 0 aromatic carbocycles. The first-order valence-electron chi connectivity index (χ1n) is 5.62. The van der Waals surface area contributed by atoms with Gasteiger partial charge < -0.3 is 10.3 Å². The molecule has 2 aromatic heterocycles. The summed E-state index contributed by atoms with van der Waals surface area (Å²) in [5, 5.41) is 6.10. The fourth-order valence-electron chi connectivity index (χ4n) is 1.35. The highest BCUT2D eigenvalue weighted by Gasteiger charge is 2.08. The molecule has 2 heterocycles. The second-order valence-electron chi connectivity index (χ2n) is 3.84. The van der Waals surface area contributed by atoms with E-state index in [1.807, 2.05) is 23.6 Å². The maximum atomic E-state index is 5.86. The number of thiophene rings is 1. The third-order valence-electron chi connectivity index (χ3n) is 2.43. The first-order chi connectivity index (χ1) is 8.29. The molecule has 2 N–H and O–H groups in total. The number of aromatic nitrogens is 1. The van der Waals surface area contributed by atoms with Crippen molar-refractivity contribution in [1.29, 1.82) is 0 Å². The summed E-state index contributed by atoms with van der Waals surface area (Å²) in [6.45, 7) is 2.11. The van der Waals surface area contributed by atoms with E-state index in [0.717, 1.165) is 34.3 Å². The molecule has 2 rings (SSSR count). The smallest absolute Gasteiger partial charge is 0.177 e. The minimum atomic E-state index is 0.281. The summed E-state index contributed by atoms with van der Waals surface area (Å²) in [4.78, 5) is 1.12. The van der Waals surface area contributed by atoms with Crippen LogP contribution in [0.2, 0.25) is 0 Å². The van der Waals surface area contributed by atoms with Crippen LogP contribution in [0.4, 0.5) is 0 Å². The molecule has 92 valence electrons. The maximum absolute atomic E-state index is 5.86. The van der Waals surface area contributed by atoms with Gasteiger partial charge in [-0.25, -0.2) is 0 Å². The molecule has 0 radical (unpaired) electrons. The molecule has 1 atom stereocenters. The van der Waals surface area contributed by atoms with Gasteiger partial charge in [0, 0.05) is 23.6 Å². The summed E-state index contributed by atoms with van der Waals surface area (Å²) >= 11 is 3.47. The lowest BCUT2D eigenvalue weighted by Crippen LogP contribution is -2.21. The van der Waals surface area contributed by atoms with E-state index in [-0.39, 0.29) is 6.04 Å². The Morgan fingerprint density at radius 1 is 1.59 bits per heavy atom. The number of thioether (sulfide) groups is 1. The molecule has 1 unspecified atom stereocenters. The summed E-state index contributed by atoms with van der Waals surface area (Å²) in [5.41, 5.74) is 6.84. The van der Waals surface area contributed by atoms with Gasteiger partial charge in [0.15, 0.2) is 5.76 Å². The molecule has 2 aromatic rings. The van der Waals surface area contributed by atoms with E-state index in [1.165, 1.54) is 0 Å². The van der Waals surface area contributed by atoms with Crippen LogP contribution in [0.25, 0.3) is 10.6 Å². The molecule has 0 aliphatic rings. The van der Waals surface area contributed by atoms with E-state index in [2.05, 4.69) is 12.1 Å². The Labute approximate surface area is 109 Å². The fraction of sp³-hybridized carbons (Fsp3) is 0.417. The Balaban J connectivity index is 1.87. The molecule has 0 fully saturated rings. The number of nitrogens with two attached hydrogens (primary N) is 1. The topological polar surface area (TPSA) is 52.0 Å². The quantitative estimate of drug-likeness (QED) is 0.872. The van der Waals surface area contributed by atoms with E-state index in [9.17, 15) is 0 Å². The van der Waals surface area contributed by atoms with Crippen LogP contribution in [0.3, 0.4) is 0 Å². The first-order valence-corrected chi connectivity index (χ1v) is 7.66. The van der Waals surface area contributed by atoms with Crippen molar-refractivity contribution in [2.24, 2.45) is 5.73 Å². The van der Waals surface area contributed by atoms with Gasteiger partial charge in [-0.1, -0.05) is 18.1 Å². The van der Waals surface area contributed by atoms with Crippen molar-refractivity contribution >= 4 is 23.1 Å². The summed E-state index contributed by atoms with van der Waals surface area (Å²) in [6.07, 6.45) is 1.02. The first kappa shape index (κ1) is 12.7. The number of hydrogen-bond acceptors (Lipinski definition) is 5. The Hall–Kier alpha value is -0.780. The zero-order chi connectivity index (χ0) is 12.1. The molecule has 0 aliphatic heterocycles. The van der Waals surface area contributed by atoms with Gasteiger partial charge in [0.05, 0.1) is 10.6 Å². The normalized spacial score (nSPS) is 12.8. The Morgan fingerprint density at radius 3 is 3.18 bits per heavy atom. The molecular weight excluding hydrogens is 252 g/mol. The second-order valence-corrected chi connectivity index (χ2v) is 5.82. The van der Waals surface area contributed by atoms with Gasteiger partial charge >= 0.3 is 0 Å². The summed E-state index contributed by atoms with van der Waals surface area (Å²) in [6, 6.07) is 6.34. The van der Waals surface area contributed by atoms with Crippen LogP contribution in [0.1, 0.15) is 19.0 Å². The lowest BCUT2D eigenvalue weighted by Gasteiger charge is -2.05. The Morgan fingerprint density at radius 2 is 2.47 bits per heavy atom. The minimum absolute atomic E-state index is 0.281. The average Bonchev–Trinajstić information content (AvgIpc) is 2.98. The van der Waals surface area contributed by atoms with Crippen molar-refractivity contribution in [1.82, 2.24) is 5.16 Å². The molecule has 5 heteroatoms. The van der Waals surface area contributed by atoms with Gasteiger partial charge in [-0.05, 0) is 17.9 Å². The Bertz CT molecular complexity index is 439. The highest BCUT2D eigenvalue weighted by molar-refractivity contribution is 7.98. The van der Waals surface area contributed by atoms with E-state index in [1.54, 1.807) is 23.1 Å². The lowest BCUT2D eigenvalue weighted by molar-refractivity contribution is 0.427. The molecule has 0 bridgehead atoms. The molecule has 0 saturated carbocycles. The second kappa shape index (κ2) is 6.23. The van der Waals surface area contributed by atoms with Crippen LogP contribution >= 0.6 is 23.1 Å². The predicted molar refractivity (Wildman–Crippen MR) is 74.2 cm³/mol. The Kier molecular flexibility index (Phi) is 4.65. The molecule has 3 nitrogen and oxygen atoms in total. The van der Waals surface area contributed by atoms with Crippen LogP contribution in [0, 0.1) is 0 Å². The van der Waals surface area contributed by atoms with Crippen molar-refractivity contribution < 1.29 is 4.52 Å². The van der Waals surface area contributed by atoms with Crippen molar-refractivity contribution in [3.05, 3.63) is 29.3 Å². The van der Waals surface area contributed by atoms with Crippen molar-refractivity contribution in [2.75, 3.05) is 5.75 Å². The molecular formula is C12H16N2OS2. The molecule has 0 saturated heterocycles. The zero-order valence-electron chi connectivity index (χ0n) is 9.76. The summed E-state index contributed by atoms with van der Waals surface area (Å²) in [5.74, 6) is 2.69. The molecule has 17 heavy (non-hydrogen) atoms. The van der Waals surface area contributed by atoms with Crippen molar-refractivity contribution in [3.8, 4) is 10.6 Å². The van der Waals surface area contributed by atoms with Gasteiger partial charge in [-0.15, -0.1) is 11.3 Å². The van der Waals surface area contributed by atoms with E-state index < -0.39 is 0 Å². The molecule has 0 spiro atoms. The van der Waals surface area contributed by atoms with Crippen LogP contribution in [0.15, 0.2) is 28.1 Å². The minimum Gasteiger partial charge on any atom is -0.355 e. The third-order valence-corrected chi connectivity index (χ3v) is 4.48. The van der Waals surface area contributed by atoms with Gasteiger partial charge in [0.1, 0.15) is 0 Å². The van der Waals surface area contributed by atoms with Crippen molar-refractivity contribution in [3.63, 3.8) is 0 Å². The largest absolute Gasteiger partial charge is 0.355 e. The highest BCUT2D eigenvalue weighted by atomic mass is 32.2. The molecule has 0 amide bonds. The van der Waals surface area contributed by atoms with Crippen molar-refractivity contribution in [2.45, 2.75) is 25.1 Å². The van der Waals surface area contributed by atoms with E-state index in [4.69, 9.17) is 10.3 Å². The molecule has 0 aliphatic carbocycles. The lowest BCUT2D eigenvalue weighted by atomic mass is 10.3. The zero-order valence-corrected chi connectivity index (χ0v) is 11.4. The summed E-state index contributed by atoms with van der Waals surface area (Å²) < 4.78 is 5.31. The average molecular weight is 268 g/mol. The van der Waals surface area contributed by atoms with Gasteiger partial charge in [-0.2, -0.15) is 11.8 Å².